The van der Waals surface area contributed by atoms with Crippen LogP contribution in [0.4, 0.5) is 5.69 Å². The number of hydrogen-bond acceptors (Lipinski definition) is 7. The molecule has 3 aromatic carbocycles. The predicted octanol–water partition coefficient (Wildman–Crippen LogP) is 3.39. The minimum absolute atomic E-state index is 0.0741. The summed E-state index contributed by atoms with van der Waals surface area (Å²) >= 11 is 0. The summed E-state index contributed by atoms with van der Waals surface area (Å²) in [5.41, 5.74) is 0.261. The fourth-order valence-corrected chi connectivity index (χ4v) is 6.81. The van der Waals surface area contributed by atoms with Gasteiger partial charge in [0.15, 0.2) is 4.90 Å². The molecule has 3 aromatic rings. The molecule has 1 fully saturated rings. The number of piperazine rings is 1. The highest BCUT2D eigenvalue weighted by Gasteiger charge is 2.47. The number of nitro benzene ring substituents is 1. The fourth-order valence-electron chi connectivity index (χ4n) is 4.94. The van der Waals surface area contributed by atoms with Crippen molar-refractivity contribution >= 4 is 38.4 Å². The van der Waals surface area contributed by atoms with Crippen LogP contribution in [0.1, 0.15) is 19.4 Å². The van der Waals surface area contributed by atoms with Gasteiger partial charge in [-0.1, -0.05) is 68.4 Å². The largest absolute Gasteiger partial charge is 0.467 e. The zero-order valence-electron chi connectivity index (χ0n) is 21.3. The molecule has 1 aliphatic rings. The van der Waals surface area contributed by atoms with E-state index in [-0.39, 0.29) is 19.5 Å². The molecule has 0 saturated carbocycles. The topological polar surface area (TPSA) is 127 Å². The van der Waals surface area contributed by atoms with Gasteiger partial charge < -0.3 is 9.64 Å². The number of nitrogens with zero attached hydrogens (tertiary/aromatic N) is 3. The van der Waals surface area contributed by atoms with Crippen LogP contribution in [0.15, 0.2) is 71.6 Å². The van der Waals surface area contributed by atoms with Gasteiger partial charge in [0, 0.05) is 25.6 Å². The predicted molar refractivity (Wildman–Crippen MR) is 141 cm³/mol. The van der Waals surface area contributed by atoms with E-state index in [1.165, 1.54) is 30.2 Å². The van der Waals surface area contributed by atoms with Crippen molar-refractivity contribution in [2.24, 2.45) is 5.92 Å². The Morgan fingerprint density at radius 3 is 2.37 bits per heavy atom. The van der Waals surface area contributed by atoms with Crippen molar-refractivity contribution in [3.8, 4) is 0 Å². The summed E-state index contributed by atoms with van der Waals surface area (Å²) in [5, 5.41) is 13.6. The highest BCUT2D eigenvalue weighted by molar-refractivity contribution is 7.89. The SMILES string of the molecule is COC(=O)[C@H](Cc1ccc2ccccc2c1)N1CCN(S(=O)(=O)c2ccccc2[N+](=O)[O-])[C@@H](C(C)C)C1=O. The lowest BCUT2D eigenvalue weighted by atomic mass is 9.96. The third-order valence-electron chi connectivity index (χ3n) is 6.78. The van der Waals surface area contributed by atoms with Gasteiger partial charge in [-0.3, -0.25) is 14.9 Å². The van der Waals surface area contributed by atoms with E-state index in [0.29, 0.717) is 0 Å². The standard InChI is InChI=1S/C27H29N3O7S/c1-18(2)25-26(31)28(14-15-29(25)38(35,36)24-11-7-6-10-22(24)30(33)34)23(27(32)37-3)17-19-12-13-20-8-4-5-9-21(20)16-19/h4-13,16,18,23,25H,14-15,17H2,1-3H3/t23-,25-/m0/s1. The molecule has 0 aliphatic carbocycles. The van der Waals surface area contributed by atoms with Gasteiger partial charge >= 0.3 is 5.97 Å². The number of carbonyl (C=O) groups excluding carboxylic acids is 2. The summed E-state index contributed by atoms with van der Waals surface area (Å²) < 4.78 is 33.3. The maximum Gasteiger partial charge on any atom is 0.328 e. The molecule has 2 atom stereocenters. The van der Waals surface area contributed by atoms with Gasteiger partial charge in [0.1, 0.15) is 12.1 Å². The number of nitro groups is 1. The number of carbonyl (C=O) groups is 2. The van der Waals surface area contributed by atoms with Crippen molar-refractivity contribution in [2.75, 3.05) is 20.2 Å². The van der Waals surface area contributed by atoms with E-state index >= 15 is 0 Å². The summed E-state index contributed by atoms with van der Waals surface area (Å²) in [5.74, 6) is -1.63. The van der Waals surface area contributed by atoms with Crippen molar-refractivity contribution in [1.29, 1.82) is 0 Å². The smallest absolute Gasteiger partial charge is 0.328 e. The van der Waals surface area contributed by atoms with E-state index < -0.39 is 55.4 Å². The molecule has 1 saturated heterocycles. The highest BCUT2D eigenvalue weighted by Crippen LogP contribution is 2.32. The second-order valence-corrected chi connectivity index (χ2v) is 11.3. The minimum Gasteiger partial charge on any atom is -0.467 e. The van der Waals surface area contributed by atoms with E-state index in [9.17, 15) is 28.1 Å². The van der Waals surface area contributed by atoms with E-state index in [1.54, 1.807) is 13.8 Å². The molecule has 38 heavy (non-hydrogen) atoms. The number of hydrogen-bond donors (Lipinski definition) is 0. The Kier molecular flexibility index (Phi) is 7.79. The summed E-state index contributed by atoms with van der Waals surface area (Å²) in [6, 6.07) is 16.5. The summed E-state index contributed by atoms with van der Waals surface area (Å²) in [4.78, 5) is 38.4. The third-order valence-corrected chi connectivity index (χ3v) is 8.71. The summed E-state index contributed by atoms with van der Waals surface area (Å²) in [6.07, 6.45) is 0.185. The number of sulfonamides is 1. The van der Waals surface area contributed by atoms with Gasteiger partial charge in [-0.15, -0.1) is 0 Å². The summed E-state index contributed by atoms with van der Waals surface area (Å²) in [6.45, 7) is 3.19. The van der Waals surface area contributed by atoms with Crippen LogP contribution < -0.4 is 0 Å². The molecule has 1 aliphatic heterocycles. The number of rotatable bonds is 8. The first-order valence-electron chi connectivity index (χ1n) is 12.2. The molecule has 10 nitrogen and oxygen atoms in total. The van der Waals surface area contributed by atoms with Crippen molar-refractivity contribution < 1.29 is 27.7 Å². The van der Waals surface area contributed by atoms with E-state index in [4.69, 9.17) is 4.74 Å². The molecule has 0 unspecified atom stereocenters. The number of esters is 1. The molecule has 1 amide bonds. The van der Waals surface area contributed by atoms with Crippen LogP contribution in [-0.4, -0.2) is 66.7 Å². The molecular formula is C27H29N3O7S. The van der Waals surface area contributed by atoms with Crippen LogP contribution in [0, 0.1) is 16.0 Å². The van der Waals surface area contributed by atoms with Crippen LogP contribution in [0.5, 0.6) is 0 Å². The molecule has 0 bridgehead atoms. The molecular weight excluding hydrogens is 510 g/mol. The first-order chi connectivity index (χ1) is 18.1. The van der Waals surface area contributed by atoms with Crippen LogP contribution in [0.2, 0.25) is 0 Å². The Hall–Kier alpha value is -3.83. The van der Waals surface area contributed by atoms with Gasteiger partial charge in [0.2, 0.25) is 5.91 Å². The van der Waals surface area contributed by atoms with E-state index in [2.05, 4.69) is 0 Å². The lowest BCUT2D eigenvalue weighted by Crippen LogP contribution is -2.64. The monoisotopic (exact) mass is 539 g/mol. The first-order valence-corrected chi connectivity index (χ1v) is 13.6. The van der Waals surface area contributed by atoms with Crippen molar-refractivity contribution in [1.82, 2.24) is 9.21 Å². The lowest BCUT2D eigenvalue weighted by molar-refractivity contribution is -0.387. The maximum atomic E-state index is 13.8. The minimum atomic E-state index is -4.39. The molecule has 0 N–H and O–H groups in total. The van der Waals surface area contributed by atoms with Gasteiger partial charge in [0.25, 0.3) is 15.7 Å². The van der Waals surface area contributed by atoms with Crippen LogP contribution in [0.25, 0.3) is 10.8 Å². The molecule has 1 heterocycles. The number of ether oxygens (including phenoxy) is 1. The number of fused-ring (bicyclic) bond motifs is 1. The highest BCUT2D eigenvalue weighted by atomic mass is 32.2. The zero-order chi connectivity index (χ0) is 27.6. The maximum absolute atomic E-state index is 13.8. The fraction of sp³-hybridized carbons (Fsp3) is 0.333. The lowest BCUT2D eigenvalue weighted by Gasteiger charge is -2.43. The molecule has 4 rings (SSSR count). The zero-order valence-corrected chi connectivity index (χ0v) is 22.1. The van der Waals surface area contributed by atoms with Crippen LogP contribution >= 0.6 is 0 Å². The Morgan fingerprint density at radius 2 is 1.71 bits per heavy atom. The van der Waals surface area contributed by atoms with Crippen LogP contribution in [0.3, 0.4) is 0 Å². The summed E-state index contributed by atoms with van der Waals surface area (Å²) in [7, 11) is -3.15. The Labute approximate surface area is 221 Å². The second-order valence-electron chi connectivity index (χ2n) is 9.49. The van der Waals surface area contributed by atoms with Gasteiger partial charge in [-0.2, -0.15) is 4.31 Å². The van der Waals surface area contributed by atoms with Gasteiger partial charge in [0.05, 0.1) is 12.0 Å². The van der Waals surface area contributed by atoms with Gasteiger partial charge in [-0.25, -0.2) is 13.2 Å². The first kappa shape index (κ1) is 27.2. The average molecular weight is 540 g/mol. The molecule has 0 aromatic heterocycles. The number of methoxy groups -OCH3 is 1. The number of benzene rings is 3. The average Bonchev–Trinajstić information content (AvgIpc) is 2.91. The second kappa shape index (κ2) is 10.9. The van der Waals surface area contributed by atoms with Gasteiger partial charge in [-0.05, 0) is 28.3 Å². The third kappa shape index (κ3) is 5.11. The number of para-hydroxylation sites is 1. The number of amides is 1. The molecule has 0 spiro atoms. The van der Waals surface area contributed by atoms with E-state index in [1.807, 2.05) is 42.5 Å². The quantitative estimate of drug-likeness (QED) is 0.244. The van der Waals surface area contributed by atoms with Crippen LogP contribution in [-0.2, 0) is 30.8 Å². The molecule has 0 radical (unpaired) electrons. The van der Waals surface area contributed by atoms with Crippen molar-refractivity contribution in [3.63, 3.8) is 0 Å². The molecule has 11 heteroatoms. The Balaban J connectivity index is 1.68. The van der Waals surface area contributed by atoms with Crippen molar-refractivity contribution in [3.05, 3.63) is 82.4 Å². The van der Waals surface area contributed by atoms with Crippen molar-refractivity contribution in [2.45, 2.75) is 37.2 Å². The Morgan fingerprint density at radius 1 is 1.05 bits per heavy atom. The normalized spacial score (nSPS) is 17.5. The Bertz CT molecular complexity index is 1490. The van der Waals surface area contributed by atoms with E-state index in [0.717, 1.165) is 26.7 Å². The molecule has 200 valence electrons.